The van der Waals surface area contributed by atoms with Crippen LogP contribution in [0.15, 0.2) is 102 Å². The van der Waals surface area contributed by atoms with E-state index in [-0.39, 0.29) is 10.8 Å². The molecule has 0 aliphatic rings. The molecule has 0 atom stereocenters. The molecule has 36 heavy (non-hydrogen) atoms. The maximum atomic E-state index is 13.2. The van der Waals surface area contributed by atoms with Gasteiger partial charge in [0.25, 0.3) is 5.91 Å². The number of benzene rings is 4. The lowest BCUT2D eigenvalue weighted by molar-refractivity contribution is 0.102. The van der Waals surface area contributed by atoms with Crippen LogP contribution < -0.4 is 21.9 Å². The monoisotopic (exact) mass is 498 g/mol. The van der Waals surface area contributed by atoms with E-state index in [1.165, 1.54) is 6.07 Å². The number of amides is 1. The highest BCUT2D eigenvalue weighted by molar-refractivity contribution is 7.89. The van der Waals surface area contributed by atoms with Crippen LogP contribution in [0.25, 0.3) is 16.8 Å². The summed E-state index contributed by atoms with van der Waals surface area (Å²) in [5.74, 6) is -0.311. The number of nitrogen functional groups attached to an aromatic ring is 1. The van der Waals surface area contributed by atoms with Gasteiger partial charge < -0.3 is 16.8 Å². The minimum absolute atomic E-state index is 0.0356. The largest absolute Gasteiger partial charge is 0.399 e. The first-order valence-electron chi connectivity index (χ1n) is 11.1. The molecule has 8 heteroatoms. The van der Waals surface area contributed by atoms with Crippen LogP contribution in [0.3, 0.4) is 0 Å². The Morgan fingerprint density at radius 2 is 1.61 bits per heavy atom. The summed E-state index contributed by atoms with van der Waals surface area (Å²) >= 11 is 0. The van der Waals surface area contributed by atoms with Gasteiger partial charge in [-0.2, -0.15) is 0 Å². The third-order valence-corrected chi connectivity index (χ3v) is 6.69. The number of primary sulfonamides is 1. The van der Waals surface area contributed by atoms with Crippen molar-refractivity contribution in [3.05, 3.63) is 120 Å². The molecule has 7 nitrogen and oxygen atoms in total. The Morgan fingerprint density at radius 1 is 0.889 bits per heavy atom. The topological polar surface area (TPSA) is 141 Å². The molecule has 0 radical (unpaired) electrons. The maximum Gasteiger partial charge on any atom is 0.256 e. The van der Waals surface area contributed by atoms with E-state index < -0.39 is 10.0 Å². The van der Waals surface area contributed by atoms with Gasteiger partial charge in [-0.15, -0.1) is 0 Å². The summed E-state index contributed by atoms with van der Waals surface area (Å²) in [5.41, 5.74) is 17.5. The smallest absolute Gasteiger partial charge is 0.256 e. The van der Waals surface area contributed by atoms with Crippen molar-refractivity contribution in [2.45, 2.75) is 11.3 Å². The number of hydrogen-bond donors (Lipinski definition) is 4. The van der Waals surface area contributed by atoms with E-state index in [2.05, 4.69) is 11.9 Å². The quantitative estimate of drug-likeness (QED) is 0.280. The predicted octanol–water partition coefficient (Wildman–Crippen LogP) is 4.36. The Balaban J connectivity index is 1.58. The Hall–Kier alpha value is -4.40. The first-order valence-corrected chi connectivity index (χ1v) is 12.6. The second kappa shape index (κ2) is 10.1. The number of anilines is 2. The average molecular weight is 499 g/mol. The number of sulfonamides is 1. The molecular weight excluding hydrogens is 472 g/mol. The maximum absolute atomic E-state index is 13.2. The van der Waals surface area contributed by atoms with E-state index in [1.807, 2.05) is 30.3 Å². The highest BCUT2D eigenvalue weighted by Crippen LogP contribution is 2.28. The van der Waals surface area contributed by atoms with E-state index >= 15 is 0 Å². The molecule has 182 valence electrons. The molecule has 0 aromatic heterocycles. The molecule has 0 saturated heterocycles. The fourth-order valence-corrected chi connectivity index (χ4v) is 4.71. The zero-order valence-corrected chi connectivity index (χ0v) is 20.3. The summed E-state index contributed by atoms with van der Waals surface area (Å²) < 4.78 is 23.9. The van der Waals surface area contributed by atoms with E-state index in [0.717, 1.165) is 16.7 Å². The van der Waals surface area contributed by atoms with Crippen molar-refractivity contribution in [1.29, 1.82) is 0 Å². The third kappa shape index (κ3) is 5.63. The Kier molecular flexibility index (Phi) is 6.91. The van der Waals surface area contributed by atoms with E-state index in [9.17, 15) is 13.2 Å². The van der Waals surface area contributed by atoms with Gasteiger partial charge in [-0.1, -0.05) is 61.2 Å². The molecule has 0 saturated carbocycles. The zero-order valence-electron chi connectivity index (χ0n) is 19.4. The molecule has 0 spiro atoms. The average Bonchev–Trinajstić information content (AvgIpc) is 2.85. The van der Waals surface area contributed by atoms with Crippen molar-refractivity contribution in [1.82, 2.24) is 0 Å². The lowest BCUT2D eigenvalue weighted by atomic mass is 9.97. The van der Waals surface area contributed by atoms with Crippen molar-refractivity contribution in [3.63, 3.8) is 0 Å². The number of nitrogens with two attached hydrogens (primary N) is 3. The van der Waals surface area contributed by atoms with Crippen LogP contribution in [0.5, 0.6) is 0 Å². The van der Waals surface area contributed by atoms with Crippen LogP contribution in [-0.2, 0) is 16.4 Å². The summed E-state index contributed by atoms with van der Waals surface area (Å²) in [4.78, 5) is 13.2. The highest BCUT2D eigenvalue weighted by Gasteiger charge is 2.16. The van der Waals surface area contributed by atoms with Gasteiger partial charge in [-0.3, -0.25) is 4.79 Å². The summed E-state index contributed by atoms with van der Waals surface area (Å²) in [5, 5.41) is 8.25. The van der Waals surface area contributed by atoms with Gasteiger partial charge in [0.2, 0.25) is 10.0 Å². The molecule has 0 unspecified atom stereocenters. The summed E-state index contributed by atoms with van der Waals surface area (Å²) in [6.45, 7) is 3.78. The van der Waals surface area contributed by atoms with Crippen molar-refractivity contribution in [2.24, 2.45) is 10.9 Å². The van der Waals surface area contributed by atoms with Crippen LogP contribution in [0.1, 0.15) is 27.0 Å². The van der Waals surface area contributed by atoms with Gasteiger partial charge in [0.1, 0.15) is 0 Å². The zero-order chi connectivity index (χ0) is 25.9. The standard InChI is InChI=1S/C28H26N4O3S/c1-18(29)21-6-4-5-19(15-21)16-22-9-12-23(30)17-26(22)28(33)32-24-13-10-20(11-14-24)25-7-2-3-8-27(25)36(31,34)35/h2-15,17H,1,16,29-30H2,(H,32,33)(H2,31,34,35). The van der Waals surface area contributed by atoms with Crippen LogP contribution in [0, 0.1) is 0 Å². The van der Waals surface area contributed by atoms with Crippen molar-refractivity contribution < 1.29 is 13.2 Å². The van der Waals surface area contributed by atoms with E-state index in [4.69, 9.17) is 16.6 Å². The molecule has 0 fully saturated rings. The van der Waals surface area contributed by atoms with Gasteiger partial charge in [0.15, 0.2) is 0 Å². The SMILES string of the molecule is C=C(N)c1cccc(Cc2ccc(N)cc2C(=O)Nc2ccc(-c3ccccc3S(N)(=O)=O)cc2)c1. The third-order valence-electron chi connectivity index (χ3n) is 5.72. The van der Waals surface area contributed by atoms with Crippen LogP contribution in [0.4, 0.5) is 11.4 Å². The minimum Gasteiger partial charge on any atom is -0.399 e. The lowest BCUT2D eigenvalue weighted by Gasteiger charge is -2.13. The second-order valence-electron chi connectivity index (χ2n) is 8.39. The van der Waals surface area contributed by atoms with E-state index in [1.54, 1.807) is 54.6 Å². The number of carbonyl (C=O) groups excluding carboxylic acids is 1. The summed E-state index contributed by atoms with van der Waals surface area (Å²) in [6.07, 6.45) is 0.507. The summed E-state index contributed by atoms with van der Waals surface area (Å²) in [7, 11) is -3.88. The van der Waals surface area contributed by atoms with Gasteiger partial charge >= 0.3 is 0 Å². The van der Waals surface area contributed by atoms with E-state index in [0.29, 0.717) is 40.2 Å². The minimum atomic E-state index is -3.88. The molecule has 0 aliphatic carbocycles. The van der Waals surface area contributed by atoms with Crippen LogP contribution >= 0.6 is 0 Å². The molecule has 0 heterocycles. The molecule has 7 N–H and O–H groups in total. The van der Waals surface area contributed by atoms with Crippen LogP contribution in [-0.4, -0.2) is 14.3 Å². The molecular formula is C28H26N4O3S. The molecule has 4 rings (SSSR count). The fourth-order valence-electron chi connectivity index (χ4n) is 3.95. The number of nitrogens with one attached hydrogen (secondary N) is 1. The molecule has 0 aliphatic heterocycles. The second-order valence-corrected chi connectivity index (χ2v) is 9.92. The number of carbonyl (C=O) groups is 1. The lowest BCUT2D eigenvalue weighted by Crippen LogP contribution is -2.15. The fraction of sp³-hybridized carbons (Fsp3) is 0.0357. The molecule has 1 amide bonds. The van der Waals surface area contributed by atoms with Gasteiger partial charge in [-0.25, -0.2) is 13.6 Å². The first-order chi connectivity index (χ1) is 17.1. The van der Waals surface area contributed by atoms with Gasteiger partial charge in [-0.05, 0) is 65.1 Å². The van der Waals surface area contributed by atoms with Crippen molar-refractivity contribution >= 4 is 33.0 Å². The van der Waals surface area contributed by atoms with Gasteiger partial charge in [0.05, 0.1) is 4.90 Å². The number of hydrogen-bond acceptors (Lipinski definition) is 5. The highest BCUT2D eigenvalue weighted by atomic mass is 32.2. The first kappa shape index (κ1) is 24.7. The Bertz CT molecular complexity index is 1560. The summed E-state index contributed by atoms with van der Waals surface area (Å²) in [6, 6.07) is 26.3. The molecule has 4 aromatic carbocycles. The molecule has 4 aromatic rings. The Labute approximate surface area is 210 Å². The van der Waals surface area contributed by atoms with Crippen LogP contribution in [0.2, 0.25) is 0 Å². The molecule has 0 bridgehead atoms. The van der Waals surface area contributed by atoms with Crippen molar-refractivity contribution in [3.8, 4) is 11.1 Å². The number of rotatable bonds is 7. The van der Waals surface area contributed by atoms with Crippen molar-refractivity contribution in [2.75, 3.05) is 11.1 Å². The normalized spacial score (nSPS) is 11.1. The predicted molar refractivity (Wildman–Crippen MR) is 145 cm³/mol. The Morgan fingerprint density at radius 3 is 2.31 bits per heavy atom. The van der Waals surface area contributed by atoms with Gasteiger partial charge in [0, 0.05) is 28.2 Å².